The second-order valence-corrected chi connectivity index (χ2v) is 4.35. The Morgan fingerprint density at radius 3 is 2.65 bits per heavy atom. The fourth-order valence-electron chi connectivity index (χ4n) is 1.49. The minimum Gasteiger partial charge on any atom is -0.427 e. The van der Waals surface area contributed by atoms with Crippen molar-refractivity contribution in [2.45, 2.75) is 13.8 Å². The van der Waals surface area contributed by atoms with Crippen molar-refractivity contribution < 1.29 is 14.1 Å². The predicted octanol–water partition coefficient (Wildman–Crippen LogP) is 3.59. The molecule has 6 nitrogen and oxygen atoms in total. The summed E-state index contributed by atoms with van der Waals surface area (Å²) < 4.78 is 18.9. The van der Waals surface area contributed by atoms with E-state index in [1.54, 1.807) is 13.8 Å². The van der Waals surface area contributed by atoms with E-state index in [1.807, 2.05) is 0 Å². The van der Waals surface area contributed by atoms with Crippen molar-refractivity contribution in [2.75, 3.05) is 0 Å². The fourth-order valence-corrected chi connectivity index (χ4v) is 1.67. The Kier molecular flexibility index (Phi) is 3.80. The van der Waals surface area contributed by atoms with Crippen LogP contribution in [0.5, 0.6) is 11.6 Å². The van der Waals surface area contributed by atoms with Crippen LogP contribution in [0.2, 0.25) is 5.15 Å². The molecule has 8 heteroatoms. The highest BCUT2D eigenvalue weighted by Crippen LogP contribution is 2.35. The van der Waals surface area contributed by atoms with E-state index in [4.69, 9.17) is 16.3 Å². The number of hydrogen-bond acceptors (Lipinski definition) is 5. The summed E-state index contributed by atoms with van der Waals surface area (Å²) in [5.74, 6) is -1.38. The van der Waals surface area contributed by atoms with Gasteiger partial charge in [-0.3, -0.25) is 10.1 Å². The highest BCUT2D eigenvalue weighted by atomic mass is 35.5. The van der Waals surface area contributed by atoms with Crippen LogP contribution < -0.4 is 4.74 Å². The third kappa shape index (κ3) is 2.53. The van der Waals surface area contributed by atoms with Gasteiger partial charge in [0.2, 0.25) is 11.6 Å². The maximum atomic E-state index is 13.7. The zero-order chi connectivity index (χ0) is 14.9. The molecule has 0 saturated heterocycles. The largest absolute Gasteiger partial charge is 0.427 e. The number of rotatable bonds is 3. The summed E-state index contributed by atoms with van der Waals surface area (Å²) >= 11 is 5.79. The van der Waals surface area contributed by atoms with Crippen LogP contribution in [-0.4, -0.2) is 15.1 Å². The molecular formula is C12H9ClFN3O3. The van der Waals surface area contributed by atoms with Gasteiger partial charge < -0.3 is 4.74 Å². The van der Waals surface area contributed by atoms with Gasteiger partial charge in [-0.25, -0.2) is 4.39 Å². The van der Waals surface area contributed by atoms with Gasteiger partial charge in [0, 0.05) is 11.6 Å². The molecule has 0 aliphatic carbocycles. The van der Waals surface area contributed by atoms with Gasteiger partial charge in [0.15, 0.2) is 11.0 Å². The number of nitrogens with zero attached hydrogens (tertiary/aromatic N) is 3. The van der Waals surface area contributed by atoms with Crippen molar-refractivity contribution in [1.82, 2.24) is 10.2 Å². The Labute approximate surface area is 118 Å². The quantitative estimate of drug-likeness (QED) is 0.639. The SMILES string of the molecule is Cc1c(Cl)nnc(Oc2c(F)cccc2[N+](=O)[O-])c1C. The van der Waals surface area contributed by atoms with Crippen molar-refractivity contribution in [2.24, 2.45) is 0 Å². The van der Waals surface area contributed by atoms with Gasteiger partial charge in [-0.2, -0.15) is 0 Å². The summed E-state index contributed by atoms with van der Waals surface area (Å²) in [7, 11) is 0. The molecule has 0 fully saturated rings. The Bertz CT molecular complexity index is 694. The lowest BCUT2D eigenvalue weighted by atomic mass is 10.2. The van der Waals surface area contributed by atoms with E-state index in [9.17, 15) is 14.5 Å². The van der Waals surface area contributed by atoms with Gasteiger partial charge in [-0.05, 0) is 25.5 Å². The smallest absolute Gasteiger partial charge is 0.314 e. The summed E-state index contributed by atoms with van der Waals surface area (Å²) in [5.41, 5.74) is 0.650. The molecule has 1 aromatic carbocycles. The number of para-hydroxylation sites is 1. The van der Waals surface area contributed by atoms with Crippen molar-refractivity contribution in [3.05, 3.63) is 50.4 Å². The molecule has 1 heterocycles. The van der Waals surface area contributed by atoms with Gasteiger partial charge >= 0.3 is 5.69 Å². The Balaban J connectivity index is 2.51. The Morgan fingerprint density at radius 2 is 2.00 bits per heavy atom. The molecule has 0 radical (unpaired) electrons. The van der Waals surface area contributed by atoms with Crippen LogP contribution in [-0.2, 0) is 0 Å². The minimum absolute atomic E-state index is 0.0277. The maximum Gasteiger partial charge on any atom is 0.314 e. The second kappa shape index (κ2) is 5.38. The molecule has 0 bridgehead atoms. The topological polar surface area (TPSA) is 78.2 Å². The first-order valence-electron chi connectivity index (χ1n) is 5.52. The average Bonchev–Trinajstić information content (AvgIpc) is 2.41. The summed E-state index contributed by atoms with van der Waals surface area (Å²) in [6.45, 7) is 3.34. The lowest BCUT2D eigenvalue weighted by Gasteiger charge is -2.10. The molecule has 0 atom stereocenters. The van der Waals surface area contributed by atoms with E-state index in [0.717, 1.165) is 12.1 Å². The summed E-state index contributed by atoms with van der Waals surface area (Å²) in [4.78, 5) is 10.1. The van der Waals surface area contributed by atoms with Crippen LogP contribution in [0.15, 0.2) is 18.2 Å². The molecule has 0 spiro atoms. The number of ether oxygens (including phenoxy) is 1. The van der Waals surface area contributed by atoms with E-state index in [1.165, 1.54) is 6.07 Å². The summed E-state index contributed by atoms with van der Waals surface area (Å²) in [5, 5.41) is 18.4. The molecule has 2 rings (SSSR count). The lowest BCUT2D eigenvalue weighted by Crippen LogP contribution is -2.01. The molecule has 0 unspecified atom stereocenters. The Morgan fingerprint density at radius 1 is 1.30 bits per heavy atom. The average molecular weight is 298 g/mol. The number of hydrogen-bond donors (Lipinski definition) is 0. The highest BCUT2D eigenvalue weighted by molar-refractivity contribution is 6.30. The van der Waals surface area contributed by atoms with E-state index in [-0.39, 0.29) is 11.0 Å². The number of benzene rings is 1. The van der Waals surface area contributed by atoms with Gasteiger partial charge in [-0.15, -0.1) is 10.2 Å². The molecule has 0 aliphatic heterocycles. The number of nitro benzene ring substituents is 1. The van der Waals surface area contributed by atoms with E-state index < -0.39 is 22.2 Å². The zero-order valence-electron chi connectivity index (χ0n) is 10.6. The lowest BCUT2D eigenvalue weighted by molar-refractivity contribution is -0.385. The Hall–Kier alpha value is -2.28. The highest BCUT2D eigenvalue weighted by Gasteiger charge is 2.22. The molecule has 104 valence electrons. The molecule has 20 heavy (non-hydrogen) atoms. The summed E-state index contributed by atoms with van der Waals surface area (Å²) in [6.07, 6.45) is 0. The first-order chi connectivity index (χ1) is 9.41. The van der Waals surface area contributed by atoms with Crippen molar-refractivity contribution in [1.29, 1.82) is 0 Å². The van der Waals surface area contributed by atoms with Gasteiger partial charge in [0.05, 0.1) is 4.92 Å². The van der Waals surface area contributed by atoms with Crippen molar-refractivity contribution in [3.63, 3.8) is 0 Å². The molecule has 0 N–H and O–H groups in total. The van der Waals surface area contributed by atoms with Crippen molar-refractivity contribution in [3.8, 4) is 11.6 Å². The van der Waals surface area contributed by atoms with E-state index in [0.29, 0.717) is 11.1 Å². The van der Waals surface area contributed by atoms with Gasteiger partial charge in [-0.1, -0.05) is 17.7 Å². The molecule has 0 saturated carbocycles. The molecule has 1 aromatic heterocycles. The number of aromatic nitrogens is 2. The van der Waals surface area contributed by atoms with Crippen LogP contribution in [0.1, 0.15) is 11.1 Å². The van der Waals surface area contributed by atoms with Crippen LogP contribution >= 0.6 is 11.6 Å². The van der Waals surface area contributed by atoms with Crippen LogP contribution in [0.4, 0.5) is 10.1 Å². The second-order valence-electron chi connectivity index (χ2n) is 3.99. The molecule has 0 aliphatic rings. The predicted molar refractivity (Wildman–Crippen MR) is 69.6 cm³/mol. The fraction of sp³-hybridized carbons (Fsp3) is 0.167. The standard InChI is InChI=1S/C12H9ClFN3O3/c1-6-7(2)12(16-15-11(6)13)20-10-8(14)4-3-5-9(10)17(18)19/h3-5H,1-2H3. The summed E-state index contributed by atoms with van der Waals surface area (Å²) in [6, 6.07) is 3.43. The zero-order valence-corrected chi connectivity index (χ0v) is 11.3. The molecule has 2 aromatic rings. The van der Waals surface area contributed by atoms with E-state index >= 15 is 0 Å². The number of nitro groups is 1. The maximum absolute atomic E-state index is 13.7. The molecular weight excluding hydrogens is 289 g/mol. The van der Waals surface area contributed by atoms with Crippen molar-refractivity contribution >= 4 is 17.3 Å². The third-order valence-electron chi connectivity index (χ3n) is 2.76. The van der Waals surface area contributed by atoms with Gasteiger partial charge in [0.25, 0.3) is 0 Å². The van der Waals surface area contributed by atoms with Gasteiger partial charge in [0.1, 0.15) is 0 Å². The van der Waals surface area contributed by atoms with Crippen LogP contribution in [0.3, 0.4) is 0 Å². The first-order valence-corrected chi connectivity index (χ1v) is 5.89. The van der Waals surface area contributed by atoms with Crippen LogP contribution in [0.25, 0.3) is 0 Å². The third-order valence-corrected chi connectivity index (χ3v) is 3.12. The number of halogens is 2. The molecule has 0 amide bonds. The monoisotopic (exact) mass is 297 g/mol. The normalized spacial score (nSPS) is 10.4. The minimum atomic E-state index is -0.854. The first kappa shape index (κ1) is 14.1. The van der Waals surface area contributed by atoms with Crippen LogP contribution in [0, 0.1) is 29.8 Å². The van der Waals surface area contributed by atoms with E-state index in [2.05, 4.69) is 10.2 Å².